The van der Waals surface area contributed by atoms with Crippen molar-refractivity contribution in [3.8, 4) is 0 Å². The molecular formula is C9H12N2O2. The van der Waals surface area contributed by atoms with E-state index in [-0.39, 0.29) is 5.91 Å². The molecule has 0 bridgehead atoms. The number of nitrogens with one attached hydrogen (secondary N) is 1. The summed E-state index contributed by atoms with van der Waals surface area (Å²) < 4.78 is 4.91. The van der Waals surface area contributed by atoms with E-state index in [1.165, 1.54) is 0 Å². The summed E-state index contributed by atoms with van der Waals surface area (Å²) in [7, 11) is 0. The Bertz CT molecular complexity index is 339. The van der Waals surface area contributed by atoms with E-state index in [4.69, 9.17) is 4.52 Å². The molecule has 70 valence electrons. The number of rotatable bonds is 2. The van der Waals surface area contributed by atoms with Gasteiger partial charge in [-0.1, -0.05) is 5.16 Å². The first-order valence-electron chi connectivity index (χ1n) is 4.42. The molecule has 0 saturated heterocycles. The smallest absolute Gasteiger partial charge is 0.273 e. The van der Waals surface area contributed by atoms with E-state index >= 15 is 0 Å². The number of hydrogen-bond acceptors (Lipinski definition) is 3. The number of carbonyl (C=O) groups excluding carboxylic acids is 1. The van der Waals surface area contributed by atoms with Crippen molar-refractivity contribution >= 4 is 5.91 Å². The summed E-state index contributed by atoms with van der Waals surface area (Å²) in [5.41, 5.74) is 1.25. The van der Waals surface area contributed by atoms with Crippen molar-refractivity contribution in [2.45, 2.75) is 32.7 Å². The Morgan fingerprint density at radius 3 is 2.69 bits per heavy atom. The molecule has 1 aromatic heterocycles. The van der Waals surface area contributed by atoms with E-state index in [1.54, 1.807) is 6.92 Å². The zero-order valence-corrected chi connectivity index (χ0v) is 7.76. The van der Waals surface area contributed by atoms with Gasteiger partial charge in [-0.3, -0.25) is 4.79 Å². The van der Waals surface area contributed by atoms with Gasteiger partial charge in [0.05, 0.1) is 0 Å². The fourth-order valence-corrected chi connectivity index (χ4v) is 1.11. The van der Waals surface area contributed by atoms with Gasteiger partial charge in [0.15, 0.2) is 5.69 Å². The van der Waals surface area contributed by atoms with Gasteiger partial charge in [-0.25, -0.2) is 0 Å². The average Bonchev–Trinajstić information content (AvgIpc) is 2.82. The zero-order chi connectivity index (χ0) is 9.42. The lowest BCUT2D eigenvalue weighted by molar-refractivity contribution is 0.0941. The minimum Gasteiger partial charge on any atom is -0.361 e. The Kier molecular flexibility index (Phi) is 1.83. The third kappa shape index (κ3) is 1.56. The standard InChI is InChI=1S/C9H12N2O2/c1-5-6(2)13-11-8(5)9(12)10-7-3-4-7/h7H,3-4H2,1-2H3,(H,10,12). The van der Waals surface area contributed by atoms with Crippen LogP contribution < -0.4 is 5.32 Å². The molecule has 13 heavy (non-hydrogen) atoms. The van der Waals surface area contributed by atoms with Crippen LogP contribution in [0.3, 0.4) is 0 Å². The molecule has 1 aliphatic carbocycles. The summed E-state index contributed by atoms with van der Waals surface area (Å²) in [6.07, 6.45) is 2.17. The molecule has 1 fully saturated rings. The summed E-state index contributed by atoms with van der Waals surface area (Å²) >= 11 is 0. The van der Waals surface area contributed by atoms with E-state index in [0.717, 1.165) is 18.4 Å². The molecule has 1 heterocycles. The Balaban J connectivity index is 2.14. The number of nitrogens with zero attached hydrogens (tertiary/aromatic N) is 1. The maximum atomic E-state index is 11.5. The lowest BCUT2D eigenvalue weighted by Gasteiger charge is -1.98. The van der Waals surface area contributed by atoms with Gasteiger partial charge in [-0.2, -0.15) is 0 Å². The molecule has 0 atom stereocenters. The second kappa shape index (κ2) is 2.87. The van der Waals surface area contributed by atoms with Crippen molar-refractivity contribution in [3.05, 3.63) is 17.0 Å². The largest absolute Gasteiger partial charge is 0.361 e. The first-order valence-corrected chi connectivity index (χ1v) is 4.42. The summed E-state index contributed by atoms with van der Waals surface area (Å²) in [5, 5.41) is 6.57. The molecule has 1 aromatic rings. The lowest BCUT2D eigenvalue weighted by atomic mass is 10.2. The third-order valence-electron chi connectivity index (χ3n) is 2.28. The predicted octanol–water partition coefficient (Wildman–Crippen LogP) is 1.18. The van der Waals surface area contributed by atoms with Crippen LogP contribution in [-0.4, -0.2) is 17.1 Å². The molecule has 1 saturated carbocycles. The highest BCUT2D eigenvalue weighted by Gasteiger charge is 2.26. The van der Waals surface area contributed by atoms with E-state index < -0.39 is 0 Å². The Morgan fingerprint density at radius 2 is 2.23 bits per heavy atom. The van der Waals surface area contributed by atoms with Crippen LogP contribution in [0.15, 0.2) is 4.52 Å². The maximum Gasteiger partial charge on any atom is 0.273 e. The molecule has 0 aliphatic heterocycles. The van der Waals surface area contributed by atoms with E-state index in [1.807, 2.05) is 6.92 Å². The van der Waals surface area contributed by atoms with E-state index in [0.29, 0.717) is 17.5 Å². The van der Waals surface area contributed by atoms with Crippen LogP contribution in [0.5, 0.6) is 0 Å². The third-order valence-corrected chi connectivity index (χ3v) is 2.28. The fraction of sp³-hybridized carbons (Fsp3) is 0.556. The van der Waals surface area contributed by atoms with Gasteiger partial charge in [0.2, 0.25) is 0 Å². The lowest BCUT2D eigenvalue weighted by Crippen LogP contribution is -2.26. The van der Waals surface area contributed by atoms with Crippen LogP contribution in [0.1, 0.15) is 34.7 Å². The molecule has 4 nitrogen and oxygen atoms in total. The topological polar surface area (TPSA) is 55.1 Å². The molecule has 0 spiro atoms. The Labute approximate surface area is 76.3 Å². The molecular weight excluding hydrogens is 168 g/mol. The summed E-state index contributed by atoms with van der Waals surface area (Å²) in [6, 6.07) is 0.365. The van der Waals surface area contributed by atoms with Crippen molar-refractivity contribution in [3.63, 3.8) is 0 Å². The second-order valence-electron chi connectivity index (χ2n) is 3.46. The minimum atomic E-state index is -0.114. The van der Waals surface area contributed by atoms with Crippen molar-refractivity contribution < 1.29 is 9.32 Å². The number of aryl methyl sites for hydroxylation is 1. The van der Waals surface area contributed by atoms with Crippen molar-refractivity contribution in [1.29, 1.82) is 0 Å². The van der Waals surface area contributed by atoms with Crippen LogP contribution in [0.2, 0.25) is 0 Å². The molecule has 4 heteroatoms. The maximum absolute atomic E-state index is 11.5. The highest BCUT2D eigenvalue weighted by Crippen LogP contribution is 2.20. The highest BCUT2D eigenvalue weighted by atomic mass is 16.5. The first kappa shape index (κ1) is 8.29. The van der Waals surface area contributed by atoms with E-state index in [2.05, 4.69) is 10.5 Å². The van der Waals surface area contributed by atoms with Crippen LogP contribution in [-0.2, 0) is 0 Å². The van der Waals surface area contributed by atoms with Gasteiger partial charge < -0.3 is 9.84 Å². The van der Waals surface area contributed by atoms with Gasteiger partial charge in [-0.15, -0.1) is 0 Å². The van der Waals surface area contributed by atoms with Crippen LogP contribution >= 0.6 is 0 Å². The number of aromatic nitrogens is 1. The molecule has 0 unspecified atom stereocenters. The SMILES string of the molecule is Cc1onc(C(=O)NC2CC2)c1C. The van der Waals surface area contributed by atoms with Gasteiger partial charge in [0.1, 0.15) is 5.76 Å². The first-order chi connectivity index (χ1) is 6.18. The number of amides is 1. The quantitative estimate of drug-likeness (QED) is 0.743. The van der Waals surface area contributed by atoms with Crippen LogP contribution in [0, 0.1) is 13.8 Å². The highest BCUT2D eigenvalue weighted by molar-refractivity contribution is 5.94. The molecule has 1 aliphatic rings. The zero-order valence-electron chi connectivity index (χ0n) is 7.76. The van der Waals surface area contributed by atoms with Gasteiger partial charge in [-0.05, 0) is 26.7 Å². The van der Waals surface area contributed by atoms with Crippen molar-refractivity contribution in [2.24, 2.45) is 0 Å². The summed E-state index contributed by atoms with van der Waals surface area (Å²) in [6.45, 7) is 3.64. The molecule has 2 rings (SSSR count). The number of carbonyl (C=O) groups is 1. The molecule has 1 amide bonds. The Hall–Kier alpha value is -1.32. The monoisotopic (exact) mass is 180 g/mol. The van der Waals surface area contributed by atoms with E-state index in [9.17, 15) is 4.79 Å². The number of hydrogen-bond donors (Lipinski definition) is 1. The molecule has 0 aromatic carbocycles. The van der Waals surface area contributed by atoms with Gasteiger partial charge in [0, 0.05) is 11.6 Å². The normalized spacial score (nSPS) is 15.8. The average molecular weight is 180 g/mol. The van der Waals surface area contributed by atoms with Gasteiger partial charge in [0.25, 0.3) is 5.91 Å². The molecule has 0 radical (unpaired) electrons. The van der Waals surface area contributed by atoms with Crippen LogP contribution in [0.25, 0.3) is 0 Å². The predicted molar refractivity (Wildman–Crippen MR) is 46.5 cm³/mol. The van der Waals surface area contributed by atoms with Crippen LogP contribution in [0.4, 0.5) is 0 Å². The summed E-state index contributed by atoms with van der Waals surface area (Å²) in [5.74, 6) is 0.595. The summed E-state index contributed by atoms with van der Waals surface area (Å²) in [4.78, 5) is 11.5. The fourth-order valence-electron chi connectivity index (χ4n) is 1.11. The van der Waals surface area contributed by atoms with Crippen molar-refractivity contribution in [2.75, 3.05) is 0 Å². The van der Waals surface area contributed by atoms with Gasteiger partial charge >= 0.3 is 0 Å². The molecule has 1 N–H and O–H groups in total. The van der Waals surface area contributed by atoms with Crippen molar-refractivity contribution in [1.82, 2.24) is 10.5 Å². The second-order valence-corrected chi connectivity index (χ2v) is 3.46. The minimum absolute atomic E-state index is 0.114. The Morgan fingerprint density at radius 1 is 1.54 bits per heavy atom.